The summed E-state index contributed by atoms with van der Waals surface area (Å²) in [6.07, 6.45) is 6.31. The van der Waals surface area contributed by atoms with E-state index in [9.17, 15) is 9.59 Å². The highest BCUT2D eigenvalue weighted by molar-refractivity contribution is 6.74. The Morgan fingerprint density at radius 2 is 1.67 bits per heavy atom. The van der Waals surface area contributed by atoms with Crippen LogP contribution in [0.5, 0.6) is 0 Å². The molecule has 3 nitrogen and oxygen atoms in total. The van der Waals surface area contributed by atoms with E-state index < -0.39 is 13.9 Å². The fourth-order valence-corrected chi connectivity index (χ4v) is 5.15. The first-order valence-corrected chi connectivity index (χ1v) is 13.2. The molecule has 1 atom stereocenters. The molecule has 0 heterocycles. The number of Topliss-reactive ketones (excluding diaryl/α,β-unsaturated/α-hetero) is 2. The normalized spacial score (nSPS) is 22.2. The minimum absolute atomic E-state index is 0.0567. The zero-order chi connectivity index (χ0) is 20.3. The lowest BCUT2D eigenvalue weighted by Gasteiger charge is -2.46. The summed E-state index contributed by atoms with van der Waals surface area (Å²) in [5, 5.41) is 0.0567. The Bertz CT molecular complexity index is 670. The third-order valence-corrected chi connectivity index (χ3v) is 10.9. The number of ketones is 2. The van der Waals surface area contributed by atoms with Crippen LogP contribution in [0.25, 0.3) is 0 Å². The topological polar surface area (TPSA) is 43.4 Å². The Balaban J connectivity index is 2.39. The summed E-state index contributed by atoms with van der Waals surface area (Å²) in [7, 11) is -2.10. The summed E-state index contributed by atoms with van der Waals surface area (Å²) in [4.78, 5) is 24.9. The van der Waals surface area contributed by atoms with Gasteiger partial charge in [-0.3, -0.25) is 9.59 Å². The molecule has 0 saturated heterocycles. The number of carbonyl (C=O) groups is 2. The molecule has 1 saturated carbocycles. The predicted octanol–water partition coefficient (Wildman–Crippen LogP) is 6.12. The van der Waals surface area contributed by atoms with Crippen molar-refractivity contribution >= 4 is 19.9 Å². The van der Waals surface area contributed by atoms with E-state index >= 15 is 0 Å². The van der Waals surface area contributed by atoms with E-state index in [0.29, 0.717) is 18.4 Å². The minimum Gasteiger partial charge on any atom is -0.404 e. The van der Waals surface area contributed by atoms with E-state index in [1.807, 2.05) is 24.3 Å². The molecule has 0 radical (unpaired) electrons. The monoisotopic (exact) mass is 388 g/mol. The second-order valence-electron chi connectivity index (χ2n) is 9.62. The van der Waals surface area contributed by atoms with Gasteiger partial charge in [-0.2, -0.15) is 0 Å². The fraction of sp³-hybridized carbons (Fsp3) is 0.652. The molecule has 0 N–H and O–H groups in total. The Hall–Kier alpha value is -1.26. The molecule has 4 heteroatoms. The van der Waals surface area contributed by atoms with Crippen molar-refractivity contribution in [3.8, 4) is 0 Å². The van der Waals surface area contributed by atoms with E-state index in [2.05, 4.69) is 33.9 Å². The quantitative estimate of drug-likeness (QED) is 0.451. The van der Waals surface area contributed by atoms with Gasteiger partial charge in [-0.25, -0.2) is 0 Å². The van der Waals surface area contributed by atoms with Gasteiger partial charge in [0.25, 0.3) is 0 Å². The van der Waals surface area contributed by atoms with E-state index in [-0.39, 0.29) is 16.6 Å². The van der Waals surface area contributed by atoms with Gasteiger partial charge in [0, 0.05) is 18.4 Å². The van der Waals surface area contributed by atoms with Gasteiger partial charge >= 0.3 is 0 Å². The van der Waals surface area contributed by atoms with Crippen LogP contribution < -0.4 is 0 Å². The van der Waals surface area contributed by atoms with Gasteiger partial charge in [-0.1, -0.05) is 64.3 Å². The summed E-state index contributed by atoms with van der Waals surface area (Å²) in [5.74, 6) is 0.332. The van der Waals surface area contributed by atoms with Crippen molar-refractivity contribution in [3.63, 3.8) is 0 Å². The molecule has 1 unspecified atom stereocenters. The van der Waals surface area contributed by atoms with Crippen LogP contribution >= 0.6 is 0 Å². The molecule has 150 valence electrons. The summed E-state index contributed by atoms with van der Waals surface area (Å²) < 4.78 is 6.88. The van der Waals surface area contributed by atoms with E-state index in [1.54, 1.807) is 6.92 Å². The highest BCUT2D eigenvalue weighted by Crippen LogP contribution is 2.42. The molecule has 1 aliphatic rings. The molecule has 0 spiro atoms. The predicted molar refractivity (Wildman–Crippen MR) is 114 cm³/mol. The average Bonchev–Trinajstić information content (AvgIpc) is 2.55. The Morgan fingerprint density at radius 1 is 1.07 bits per heavy atom. The zero-order valence-electron chi connectivity index (χ0n) is 18.0. The van der Waals surface area contributed by atoms with Crippen molar-refractivity contribution in [1.29, 1.82) is 0 Å². The van der Waals surface area contributed by atoms with Gasteiger partial charge in [-0.15, -0.1) is 0 Å². The smallest absolute Gasteiger partial charge is 0.193 e. The lowest BCUT2D eigenvalue weighted by molar-refractivity contribution is -0.137. The van der Waals surface area contributed by atoms with Crippen molar-refractivity contribution in [1.82, 2.24) is 0 Å². The van der Waals surface area contributed by atoms with Crippen LogP contribution in [-0.4, -0.2) is 25.5 Å². The maximum Gasteiger partial charge on any atom is 0.193 e. The molecular formula is C23H36O3Si. The third kappa shape index (κ3) is 5.38. The van der Waals surface area contributed by atoms with Crippen LogP contribution in [0.1, 0.15) is 82.1 Å². The van der Waals surface area contributed by atoms with E-state index in [4.69, 9.17) is 4.43 Å². The minimum atomic E-state index is -2.10. The first-order chi connectivity index (χ1) is 12.5. The van der Waals surface area contributed by atoms with Crippen LogP contribution in [0.2, 0.25) is 18.1 Å². The van der Waals surface area contributed by atoms with Gasteiger partial charge in [0.1, 0.15) is 5.60 Å². The van der Waals surface area contributed by atoms with E-state index in [0.717, 1.165) is 31.2 Å². The zero-order valence-corrected chi connectivity index (χ0v) is 19.0. The number of hydrogen-bond donors (Lipinski definition) is 0. The van der Waals surface area contributed by atoms with Crippen molar-refractivity contribution in [2.24, 2.45) is 0 Å². The Labute approximate surface area is 166 Å². The molecule has 1 aliphatic carbocycles. The molecular weight excluding hydrogens is 352 g/mol. The second-order valence-corrected chi connectivity index (χ2v) is 14.3. The molecule has 0 bridgehead atoms. The SMILES string of the molecule is CC(=O)c1ccc(CC2(O[Si](C)(C)C(C)(C)C)CCCCCCC2=O)cc1. The maximum absolute atomic E-state index is 13.3. The second kappa shape index (κ2) is 8.40. The third-order valence-electron chi connectivity index (χ3n) is 6.35. The molecule has 1 aromatic rings. The molecule has 1 fully saturated rings. The highest BCUT2D eigenvalue weighted by Gasteiger charge is 2.48. The van der Waals surface area contributed by atoms with Crippen LogP contribution in [-0.2, 0) is 15.6 Å². The molecule has 27 heavy (non-hydrogen) atoms. The van der Waals surface area contributed by atoms with Crippen molar-refractivity contribution in [2.75, 3.05) is 0 Å². The number of rotatable bonds is 5. The Kier molecular flexibility index (Phi) is 6.85. The van der Waals surface area contributed by atoms with Crippen LogP contribution in [0, 0.1) is 0 Å². The summed E-state index contributed by atoms with van der Waals surface area (Å²) in [6.45, 7) is 12.7. The largest absolute Gasteiger partial charge is 0.404 e. The lowest BCUT2D eigenvalue weighted by Crippen LogP contribution is -2.55. The first-order valence-electron chi connectivity index (χ1n) is 10.3. The molecule has 0 aliphatic heterocycles. The maximum atomic E-state index is 13.3. The molecule has 2 rings (SSSR count). The van der Waals surface area contributed by atoms with Gasteiger partial charge in [-0.05, 0) is 43.5 Å². The van der Waals surface area contributed by atoms with Crippen molar-refractivity contribution < 1.29 is 14.0 Å². The molecule has 1 aromatic carbocycles. The molecule has 0 amide bonds. The van der Waals surface area contributed by atoms with Crippen LogP contribution in [0.15, 0.2) is 24.3 Å². The summed E-state index contributed by atoms with van der Waals surface area (Å²) in [6, 6.07) is 7.70. The van der Waals surface area contributed by atoms with Gasteiger partial charge in [0.15, 0.2) is 19.9 Å². The standard InChI is InChI=1S/C23H36O3Si/c1-18(24)20-14-12-19(13-15-20)17-23(26-27(5,6)22(2,3)4)16-10-8-7-9-11-21(23)25/h12-15H,7-11,16-17H2,1-6H3. The number of benzene rings is 1. The fourth-order valence-electron chi connectivity index (χ4n) is 3.58. The van der Waals surface area contributed by atoms with Crippen LogP contribution in [0.3, 0.4) is 0 Å². The number of hydrogen-bond acceptors (Lipinski definition) is 3. The number of carbonyl (C=O) groups excluding carboxylic acids is 2. The first kappa shape index (κ1) is 22.0. The Morgan fingerprint density at radius 3 is 2.22 bits per heavy atom. The van der Waals surface area contributed by atoms with Gasteiger partial charge in [0.05, 0.1) is 0 Å². The molecule has 0 aromatic heterocycles. The van der Waals surface area contributed by atoms with E-state index in [1.165, 1.54) is 6.42 Å². The van der Waals surface area contributed by atoms with Crippen molar-refractivity contribution in [3.05, 3.63) is 35.4 Å². The summed E-state index contributed by atoms with van der Waals surface area (Å²) in [5.41, 5.74) is 1.07. The average molecular weight is 389 g/mol. The van der Waals surface area contributed by atoms with Crippen LogP contribution in [0.4, 0.5) is 0 Å². The highest BCUT2D eigenvalue weighted by atomic mass is 28.4. The summed E-state index contributed by atoms with van der Waals surface area (Å²) >= 11 is 0. The van der Waals surface area contributed by atoms with Crippen molar-refractivity contribution in [2.45, 2.75) is 96.4 Å². The van der Waals surface area contributed by atoms with Gasteiger partial charge < -0.3 is 4.43 Å². The van der Waals surface area contributed by atoms with Gasteiger partial charge in [0.2, 0.25) is 0 Å². The lowest BCUT2D eigenvalue weighted by atomic mass is 9.81.